The van der Waals surface area contributed by atoms with Crippen LogP contribution in [0, 0.1) is 30.6 Å². The predicted molar refractivity (Wildman–Crippen MR) is 88.2 cm³/mol. The van der Waals surface area contributed by atoms with Crippen LogP contribution in [-0.4, -0.2) is 44.5 Å². The number of nitrogens with one attached hydrogen (secondary N) is 1. The minimum atomic E-state index is -3.84. The molecule has 0 heterocycles. The third-order valence-electron chi connectivity index (χ3n) is 2.27. The number of sulfonamides is 1. The first kappa shape index (κ1) is 21.5. The fourth-order valence-electron chi connectivity index (χ4n) is 1.35. The van der Waals surface area contributed by atoms with E-state index < -0.39 is 16.1 Å². The second-order valence-electron chi connectivity index (χ2n) is 4.01. The molecule has 1 aromatic rings. The Hall–Kier alpha value is -2.52. The van der Waals surface area contributed by atoms with E-state index in [2.05, 4.69) is 28.4 Å². The molecule has 1 amide bonds. The Bertz CT molecular complexity index is 730. The molecule has 0 radical (unpaired) electrons. The molecule has 130 valence electrons. The van der Waals surface area contributed by atoms with Gasteiger partial charge in [0.25, 0.3) is 10.0 Å². The van der Waals surface area contributed by atoms with Gasteiger partial charge >= 0.3 is 6.09 Å². The van der Waals surface area contributed by atoms with Gasteiger partial charge in [0.1, 0.15) is 13.2 Å². The number of carbonyl (C=O) groups is 1. The van der Waals surface area contributed by atoms with Gasteiger partial charge in [-0.1, -0.05) is 30.0 Å². The fraction of sp³-hybridized carbons (Fsp3) is 0.312. The van der Waals surface area contributed by atoms with Crippen molar-refractivity contribution in [3.8, 4) is 23.7 Å². The largest absolute Gasteiger partial charge is 0.449 e. The minimum Gasteiger partial charge on any atom is -0.449 e. The molecule has 8 heteroatoms. The maximum absolute atomic E-state index is 11.7. The summed E-state index contributed by atoms with van der Waals surface area (Å²) in [4.78, 5) is 11.1. The molecular weight excluding hydrogens is 334 g/mol. The molecule has 0 spiro atoms. The molecule has 3 N–H and O–H groups in total. The Morgan fingerprint density at radius 3 is 2.17 bits per heavy atom. The molecular formula is C16H19NO6S. The van der Waals surface area contributed by atoms with Crippen LogP contribution >= 0.6 is 0 Å². The molecule has 0 atom stereocenters. The molecule has 1 aromatic carbocycles. The molecule has 0 saturated carbocycles. The minimum absolute atomic E-state index is 0.0723. The maximum atomic E-state index is 11.7. The van der Waals surface area contributed by atoms with E-state index in [1.54, 1.807) is 32.0 Å². The molecule has 7 nitrogen and oxygen atoms in total. The topological polar surface area (TPSA) is 113 Å². The van der Waals surface area contributed by atoms with Crippen LogP contribution in [0.2, 0.25) is 0 Å². The number of hydrogen-bond donors (Lipinski definition) is 3. The molecule has 1 rings (SSSR count). The van der Waals surface area contributed by atoms with E-state index in [-0.39, 0.29) is 24.7 Å². The Balaban J connectivity index is 0.000000561. The van der Waals surface area contributed by atoms with E-state index >= 15 is 0 Å². The van der Waals surface area contributed by atoms with Crippen LogP contribution in [0.15, 0.2) is 29.2 Å². The fourth-order valence-corrected chi connectivity index (χ4v) is 2.49. The summed E-state index contributed by atoms with van der Waals surface area (Å²) in [6, 6.07) is 6.39. The highest BCUT2D eigenvalue weighted by molar-refractivity contribution is 7.90. The summed E-state index contributed by atoms with van der Waals surface area (Å²) in [5, 5.41) is 16.1. The van der Waals surface area contributed by atoms with Crippen molar-refractivity contribution in [3.05, 3.63) is 29.8 Å². The quantitative estimate of drug-likeness (QED) is 0.678. The van der Waals surface area contributed by atoms with Crippen LogP contribution in [0.5, 0.6) is 0 Å². The normalized spacial score (nSPS) is 9.17. The number of rotatable bonds is 3. The van der Waals surface area contributed by atoms with Crippen molar-refractivity contribution in [2.24, 2.45) is 0 Å². The Kier molecular flexibility index (Phi) is 10.7. The second-order valence-corrected chi connectivity index (χ2v) is 5.66. The molecule has 0 aromatic heterocycles. The highest BCUT2D eigenvalue weighted by Crippen LogP contribution is 2.13. The lowest BCUT2D eigenvalue weighted by atomic mass is 10.2. The second kappa shape index (κ2) is 12.0. The summed E-state index contributed by atoms with van der Waals surface area (Å²) in [5.41, 5.74) is 0.569. The lowest BCUT2D eigenvalue weighted by molar-refractivity contribution is 0.158. The third-order valence-corrected chi connectivity index (χ3v) is 3.75. The summed E-state index contributed by atoms with van der Waals surface area (Å²) in [7, 11) is -3.84. The van der Waals surface area contributed by atoms with Crippen molar-refractivity contribution < 1.29 is 28.2 Å². The van der Waals surface area contributed by atoms with E-state index in [1.807, 2.05) is 4.72 Å². The van der Waals surface area contributed by atoms with Crippen molar-refractivity contribution >= 4 is 16.1 Å². The summed E-state index contributed by atoms with van der Waals surface area (Å²) >= 11 is 0. The van der Waals surface area contributed by atoms with Crippen molar-refractivity contribution in [1.29, 1.82) is 0 Å². The van der Waals surface area contributed by atoms with Crippen LogP contribution in [0.4, 0.5) is 4.79 Å². The molecule has 0 unspecified atom stereocenters. The highest BCUT2D eigenvalue weighted by Gasteiger charge is 2.19. The van der Waals surface area contributed by atoms with E-state index in [0.717, 1.165) is 0 Å². The van der Waals surface area contributed by atoms with Crippen molar-refractivity contribution in [2.45, 2.75) is 18.7 Å². The van der Waals surface area contributed by atoms with E-state index in [1.165, 1.54) is 6.07 Å². The number of benzene rings is 1. The maximum Gasteiger partial charge on any atom is 0.421 e. The summed E-state index contributed by atoms with van der Waals surface area (Å²) in [6.07, 6.45) is -0.967. The molecule has 24 heavy (non-hydrogen) atoms. The highest BCUT2D eigenvalue weighted by atomic mass is 32.2. The zero-order valence-electron chi connectivity index (χ0n) is 13.4. The number of amides is 1. The van der Waals surface area contributed by atoms with Gasteiger partial charge in [-0.2, -0.15) is 0 Å². The Morgan fingerprint density at radius 1 is 1.17 bits per heavy atom. The summed E-state index contributed by atoms with van der Waals surface area (Å²) in [6.45, 7) is 3.01. The number of aliphatic hydroxyl groups is 2. The van der Waals surface area contributed by atoms with Crippen molar-refractivity contribution in [3.63, 3.8) is 0 Å². The van der Waals surface area contributed by atoms with E-state index in [9.17, 15) is 13.2 Å². The summed E-state index contributed by atoms with van der Waals surface area (Å²) < 4.78 is 29.8. The van der Waals surface area contributed by atoms with Gasteiger partial charge < -0.3 is 14.9 Å². The third kappa shape index (κ3) is 8.81. The van der Waals surface area contributed by atoms with Crippen LogP contribution in [0.3, 0.4) is 0 Å². The van der Waals surface area contributed by atoms with Gasteiger partial charge in [0.2, 0.25) is 0 Å². The van der Waals surface area contributed by atoms with Gasteiger partial charge in [-0.25, -0.2) is 17.9 Å². The predicted octanol–water partition coefficient (Wildman–Crippen LogP) is 0.408. The molecule has 0 aliphatic rings. The number of aryl methyl sites for hydroxylation is 1. The molecule has 0 saturated heterocycles. The zero-order chi connectivity index (χ0) is 18.4. The van der Waals surface area contributed by atoms with E-state index in [4.69, 9.17) is 10.2 Å². The first-order chi connectivity index (χ1) is 11.4. The number of aliphatic hydroxyl groups excluding tert-OH is 2. The van der Waals surface area contributed by atoms with Crippen molar-refractivity contribution in [2.75, 3.05) is 19.8 Å². The first-order valence-electron chi connectivity index (χ1n) is 6.81. The van der Waals surface area contributed by atoms with Gasteiger partial charge in [-0.3, -0.25) is 0 Å². The SMILES string of the molecule is CCOC(=O)NS(=O)(=O)c1ccccc1C.OCC#CC#CCO. The van der Waals surface area contributed by atoms with Gasteiger partial charge in [-0.05, 0) is 37.3 Å². The lowest BCUT2D eigenvalue weighted by Gasteiger charge is -2.08. The lowest BCUT2D eigenvalue weighted by Crippen LogP contribution is -2.31. The number of carbonyl (C=O) groups excluding carboxylic acids is 1. The van der Waals surface area contributed by atoms with Gasteiger partial charge in [0.15, 0.2) is 0 Å². The summed E-state index contributed by atoms with van der Waals surface area (Å²) in [5.74, 6) is 9.24. The standard InChI is InChI=1S/C10H13NO4S.C6H6O2/c1-3-15-10(12)11-16(13,14)9-7-5-4-6-8(9)2;7-5-3-1-2-4-6-8/h4-7H,3H2,1-2H3,(H,11,12);7-8H,5-6H2. The average Bonchev–Trinajstić information content (AvgIpc) is 2.52. The molecule has 0 bridgehead atoms. The monoisotopic (exact) mass is 353 g/mol. The Morgan fingerprint density at radius 2 is 1.71 bits per heavy atom. The number of hydrogen-bond acceptors (Lipinski definition) is 6. The molecule has 0 aliphatic heterocycles. The molecule has 0 fully saturated rings. The van der Waals surface area contributed by atoms with Crippen LogP contribution in [-0.2, 0) is 14.8 Å². The zero-order valence-corrected chi connectivity index (χ0v) is 14.2. The van der Waals surface area contributed by atoms with Crippen LogP contribution in [0.1, 0.15) is 12.5 Å². The Labute approximate surface area is 141 Å². The van der Waals surface area contributed by atoms with Crippen LogP contribution < -0.4 is 4.72 Å². The first-order valence-corrected chi connectivity index (χ1v) is 8.30. The molecule has 0 aliphatic carbocycles. The van der Waals surface area contributed by atoms with E-state index in [0.29, 0.717) is 5.56 Å². The average molecular weight is 353 g/mol. The van der Waals surface area contributed by atoms with Crippen LogP contribution in [0.25, 0.3) is 0 Å². The smallest absolute Gasteiger partial charge is 0.421 e. The van der Waals surface area contributed by atoms with Gasteiger partial charge in [0, 0.05) is 0 Å². The van der Waals surface area contributed by atoms with Gasteiger partial charge in [-0.15, -0.1) is 0 Å². The number of ether oxygens (including phenoxy) is 1. The van der Waals surface area contributed by atoms with Crippen molar-refractivity contribution in [1.82, 2.24) is 4.72 Å². The van der Waals surface area contributed by atoms with Gasteiger partial charge in [0.05, 0.1) is 11.5 Å².